The Morgan fingerprint density at radius 1 is 0.724 bits per heavy atom. The first-order valence-electron chi connectivity index (χ1n) is 10.3. The van der Waals surface area contributed by atoms with Gasteiger partial charge in [0.2, 0.25) is 0 Å². The fourth-order valence-electron chi connectivity index (χ4n) is 4.06. The number of fused-ring (bicyclic) bond motifs is 1. The SMILES string of the molecule is c1ccc(-c2ccc(-c3cnc4ccccc4c3)cc2)c(CN2CC[N]CC2)c1. The van der Waals surface area contributed by atoms with E-state index in [4.69, 9.17) is 0 Å². The maximum atomic E-state index is 4.60. The molecule has 1 fully saturated rings. The van der Waals surface area contributed by atoms with Gasteiger partial charge < -0.3 is 0 Å². The first-order chi connectivity index (χ1) is 14.4. The molecule has 29 heavy (non-hydrogen) atoms. The van der Waals surface area contributed by atoms with Gasteiger partial charge in [0.05, 0.1) is 5.52 Å². The zero-order valence-electron chi connectivity index (χ0n) is 16.5. The summed E-state index contributed by atoms with van der Waals surface area (Å²) < 4.78 is 0. The van der Waals surface area contributed by atoms with E-state index in [1.807, 2.05) is 12.3 Å². The molecule has 0 aliphatic carbocycles. The molecule has 0 unspecified atom stereocenters. The van der Waals surface area contributed by atoms with Crippen LogP contribution < -0.4 is 5.32 Å². The van der Waals surface area contributed by atoms with Crippen LogP contribution in [0.15, 0.2) is 85.1 Å². The fourth-order valence-corrected chi connectivity index (χ4v) is 4.06. The van der Waals surface area contributed by atoms with Crippen LogP contribution in [0.4, 0.5) is 0 Å². The Balaban J connectivity index is 1.42. The summed E-state index contributed by atoms with van der Waals surface area (Å²) in [5, 5.41) is 5.63. The summed E-state index contributed by atoms with van der Waals surface area (Å²) in [5.41, 5.74) is 7.35. The maximum absolute atomic E-state index is 4.60. The summed E-state index contributed by atoms with van der Waals surface area (Å²) in [6, 6.07) is 28.1. The molecule has 0 N–H and O–H groups in total. The highest BCUT2D eigenvalue weighted by atomic mass is 15.2. The smallest absolute Gasteiger partial charge is 0.0702 e. The summed E-state index contributed by atoms with van der Waals surface area (Å²) in [6.07, 6.45) is 1.96. The second-order valence-corrected chi connectivity index (χ2v) is 7.60. The lowest BCUT2D eigenvalue weighted by Crippen LogP contribution is -2.39. The molecule has 0 atom stereocenters. The average molecular weight is 378 g/mol. The zero-order valence-corrected chi connectivity index (χ0v) is 16.5. The van der Waals surface area contributed by atoms with Gasteiger partial charge in [-0.1, -0.05) is 66.7 Å². The van der Waals surface area contributed by atoms with Gasteiger partial charge in [-0.3, -0.25) is 9.88 Å². The van der Waals surface area contributed by atoms with Crippen LogP contribution in [0.25, 0.3) is 33.2 Å². The molecule has 0 saturated carbocycles. The number of aromatic nitrogens is 1. The van der Waals surface area contributed by atoms with Crippen LogP contribution in [0, 0.1) is 0 Å². The third-order valence-electron chi connectivity index (χ3n) is 5.68. The molecule has 0 bridgehead atoms. The Bertz CT molecular complexity index is 1110. The third-order valence-corrected chi connectivity index (χ3v) is 5.68. The van der Waals surface area contributed by atoms with E-state index in [1.165, 1.54) is 27.6 Å². The van der Waals surface area contributed by atoms with Gasteiger partial charge in [-0.15, -0.1) is 0 Å². The predicted octanol–water partition coefficient (Wildman–Crippen LogP) is 4.99. The van der Waals surface area contributed by atoms with Gasteiger partial charge in [0.15, 0.2) is 0 Å². The van der Waals surface area contributed by atoms with Crippen molar-refractivity contribution in [3.63, 3.8) is 0 Å². The molecular formula is C26H24N3. The molecule has 143 valence electrons. The van der Waals surface area contributed by atoms with Gasteiger partial charge in [-0.2, -0.15) is 0 Å². The quantitative estimate of drug-likeness (QED) is 0.501. The highest BCUT2D eigenvalue weighted by molar-refractivity contribution is 5.84. The molecule has 0 amide bonds. The van der Waals surface area contributed by atoms with E-state index in [0.717, 1.165) is 43.8 Å². The first kappa shape index (κ1) is 18.0. The number of para-hydroxylation sites is 1. The van der Waals surface area contributed by atoms with Crippen LogP contribution in [-0.2, 0) is 6.54 Å². The van der Waals surface area contributed by atoms with Crippen molar-refractivity contribution in [3.05, 3.63) is 90.6 Å². The zero-order chi connectivity index (χ0) is 19.5. The van der Waals surface area contributed by atoms with Crippen molar-refractivity contribution in [1.29, 1.82) is 0 Å². The average Bonchev–Trinajstić information content (AvgIpc) is 2.80. The predicted molar refractivity (Wildman–Crippen MR) is 120 cm³/mol. The van der Waals surface area contributed by atoms with Gasteiger partial charge in [0.25, 0.3) is 0 Å². The van der Waals surface area contributed by atoms with Crippen molar-refractivity contribution < 1.29 is 0 Å². The van der Waals surface area contributed by atoms with E-state index < -0.39 is 0 Å². The molecule has 3 heteroatoms. The van der Waals surface area contributed by atoms with Crippen LogP contribution in [0.5, 0.6) is 0 Å². The Hall–Kier alpha value is -3.01. The number of rotatable bonds is 4. The van der Waals surface area contributed by atoms with Crippen molar-refractivity contribution >= 4 is 10.9 Å². The van der Waals surface area contributed by atoms with E-state index in [-0.39, 0.29) is 0 Å². The molecule has 5 rings (SSSR count). The van der Waals surface area contributed by atoms with Crippen molar-refractivity contribution in [1.82, 2.24) is 15.2 Å². The normalized spacial score (nSPS) is 14.9. The Morgan fingerprint density at radius 2 is 1.45 bits per heavy atom. The van der Waals surface area contributed by atoms with E-state index in [9.17, 15) is 0 Å². The van der Waals surface area contributed by atoms with Gasteiger partial charge in [0, 0.05) is 49.9 Å². The Morgan fingerprint density at radius 3 is 2.31 bits per heavy atom. The molecular weight excluding hydrogens is 354 g/mol. The number of benzene rings is 3. The van der Waals surface area contributed by atoms with E-state index in [1.54, 1.807) is 0 Å². The molecule has 1 saturated heterocycles. The molecule has 2 heterocycles. The fraction of sp³-hybridized carbons (Fsp3) is 0.192. The van der Waals surface area contributed by atoms with Gasteiger partial charge in [-0.25, -0.2) is 5.32 Å². The van der Waals surface area contributed by atoms with Crippen LogP contribution in [-0.4, -0.2) is 36.1 Å². The maximum Gasteiger partial charge on any atom is 0.0702 e. The highest BCUT2D eigenvalue weighted by Crippen LogP contribution is 2.29. The van der Waals surface area contributed by atoms with Crippen LogP contribution >= 0.6 is 0 Å². The summed E-state index contributed by atoms with van der Waals surface area (Å²) >= 11 is 0. The van der Waals surface area contributed by atoms with Gasteiger partial charge in [0.1, 0.15) is 0 Å². The van der Waals surface area contributed by atoms with Gasteiger partial charge in [-0.05, 0) is 34.4 Å². The summed E-state index contributed by atoms with van der Waals surface area (Å²) in [5.74, 6) is 0. The van der Waals surface area contributed by atoms with E-state index in [2.05, 4.69) is 88.0 Å². The Kier molecular flexibility index (Phi) is 5.08. The minimum atomic E-state index is 0.955. The second kappa shape index (κ2) is 8.16. The number of hydrogen-bond donors (Lipinski definition) is 0. The van der Waals surface area contributed by atoms with Crippen molar-refractivity contribution in [3.8, 4) is 22.3 Å². The Labute approximate surface area is 172 Å². The molecule has 1 radical (unpaired) electrons. The third kappa shape index (κ3) is 3.93. The van der Waals surface area contributed by atoms with Crippen LogP contribution in [0.3, 0.4) is 0 Å². The van der Waals surface area contributed by atoms with E-state index >= 15 is 0 Å². The second-order valence-electron chi connectivity index (χ2n) is 7.60. The topological polar surface area (TPSA) is 30.2 Å². The number of pyridine rings is 1. The minimum absolute atomic E-state index is 0.955. The van der Waals surface area contributed by atoms with E-state index in [0.29, 0.717) is 0 Å². The molecule has 1 aliphatic rings. The standard InChI is InChI=1S/C26H24N3/c1-3-7-25(23(6-1)19-29-15-13-27-14-16-29)21-11-9-20(10-12-21)24-17-22-5-2-4-8-26(22)28-18-24/h1-12,17-18H,13-16,19H2. The summed E-state index contributed by atoms with van der Waals surface area (Å²) in [6.45, 7) is 5.01. The van der Waals surface area contributed by atoms with Crippen molar-refractivity contribution in [2.24, 2.45) is 0 Å². The van der Waals surface area contributed by atoms with Crippen LogP contribution in [0.2, 0.25) is 0 Å². The lowest BCUT2D eigenvalue weighted by molar-refractivity contribution is 0.231. The first-order valence-corrected chi connectivity index (χ1v) is 10.3. The minimum Gasteiger partial charge on any atom is -0.296 e. The van der Waals surface area contributed by atoms with Crippen molar-refractivity contribution in [2.75, 3.05) is 26.2 Å². The lowest BCUT2D eigenvalue weighted by Gasteiger charge is -2.27. The molecule has 0 spiro atoms. The molecule has 4 aromatic rings. The summed E-state index contributed by atoms with van der Waals surface area (Å²) in [7, 11) is 0. The van der Waals surface area contributed by atoms with Crippen LogP contribution in [0.1, 0.15) is 5.56 Å². The lowest BCUT2D eigenvalue weighted by atomic mass is 9.96. The largest absolute Gasteiger partial charge is 0.296 e. The molecule has 1 aromatic heterocycles. The number of hydrogen-bond acceptors (Lipinski definition) is 2. The molecule has 3 aromatic carbocycles. The molecule has 3 nitrogen and oxygen atoms in total. The monoisotopic (exact) mass is 378 g/mol. The highest BCUT2D eigenvalue weighted by Gasteiger charge is 2.13. The summed E-state index contributed by atoms with van der Waals surface area (Å²) in [4.78, 5) is 7.11. The van der Waals surface area contributed by atoms with Gasteiger partial charge >= 0.3 is 0 Å². The van der Waals surface area contributed by atoms with Crippen molar-refractivity contribution in [2.45, 2.75) is 6.54 Å². The number of piperazine rings is 1. The number of nitrogens with zero attached hydrogens (tertiary/aromatic N) is 3. The molecule has 1 aliphatic heterocycles.